The standard InChI is InChI=1S/C12H14O5/c1-6-5-12(10(14)15,11(16)17)7-3-2-4-8(13)9(6)7/h7H,2-5H2,1H3,(H,14,15)(H,16,17). The first-order valence-corrected chi connectivity index (χ1v) is 5.61. The number of carbonyl (C=O) groups excluding carboxylic acids is 1. The molecule has 0 aromatic carbocycles. The molecule has 5 heteroatoms. The molecule has 2 aliphatic carbocycles. The van der Waals surface area contributed by atoms with Crippen molar-refractivity contribution >= 4 is 17.7 Å². The Morgan fingerprint density at radius 1 is 1.29 bits per heavy atom. The molecule has 0 aromatic heterocycles. The van der Waals surface area contributed by atoms with Crippen LogP contribution in [0.3, 0.4) is 0 Å². The molecule has 0 radical (unpaired) electrons. The maximum Gasteiger partial charge on any atom is 0.322 e. The van der Waals surface area contributed by atoms with Crippen LogP contribution >= 0.6 is 0 Å². The molecule has 0 saturated heterocycles. The summed E-state index contributed by atoms with van der Waals surface area (Å²) in [6.07, 6.45) is 1.39. The van der Waals surface area contributed by atoms with E-state index in [2.05, 4.69) is 0 Å². The normalized spacial score (nSPS) is 26.9. The number of fused-ring (bicyclic) bond motifs is 1. The molecule has 5 nitrogen and oxygen atoms in total. The van der Waals surface area contributed by atoms with Gasteiger partial charge in [-0.3, -0.25) is 14.4 Å². The summed E-state index contributed by atoms with van der Waals surface area (Å²) < 4.78 is 0. The van der Waals surface area contributed by atoms with E-state index in [4.69, 9.17) is 0 Å². The molecule has 2 aliphatic rings. The van der Waals surface area contributed by atoms with E-state index in [1.54, 1.807) is 6.92 Å². The molecule has 0 heterocycles. The summed E-state index contributed by atoms with van der Waals surface area (Å²) in [5.74, 6) is -3.40. The maximum absolute atomic E-state index is 11.8. The van der Waals surface area contributed by atoms with Gasteiger partial charge in [0, 0.05) is 12.3 Å². The summed E-state index contributed by atoms with van der Waals surface area (Å²) in [6.45, 7) is 1.67. The summed E-state index contributed by atoms with van der Waals surface area (Å²) >= 11 is 0. The molecule has 1 unspecified atom stereocenters. The summed E-state index contributed by atoms with van der Waals surface area (Å²) in [5, 5.41) is 18.5. The number of hydrogen-bond donors (Lipinski definition) is 2. The van der Waals surface area contributed by atoms with Crippen molar-refractivity contribution in [3.63, 3.8) is 0 Å². The van der Waals surface area contributed by atoms with Crippen LogP contribution in [0, 0.1) is 11.3 Å². The molecule has 1 fully saturated rings. The second-order valence-electron chi connectivity index (χ2n) is 4.82. The SMILES string of the molecule is CC1=C2C(=O)CCCC2C(C(=O)O)(C(=O)O)C1. The molecule has 0 spiro atoms. The molecule has 1 saturated carbocycles. The molecular weight excluding hydrogens is 224 g/mol. The Morgan fingerprint density at radius 3 is 2.41 bits per heavy atom. The minimum atomic E-state index is -1.82. The summed E-state index contributed by atoms with van der Waals surface area (Å²) in [7, 11) is 0. The fourth-order valence-electron chi connectivity index (χ4n) is 3.15. The number of allylic oxidation sites excluding steroid dienone is 2. The van der Waals surface area contributed by atoms with E-state index >= 15 is 0 Å². The van der Waals surface area contributed by atoms with E-state index in [-0.39, 0.29) is 12.2 Å². The molecular formula is C12H14O5. The molecule has 0 aliphatic heterocycles. The summed E-state index contributed by atoms with van der Waals surface area (Å²) in [6, 6.07) is 0. The highest BCUT2D eigenvalue weighted by Gasteiger charge is 2.59. The zero-order valence-corrected chi connectivity index (χ0v) is 9.52. The maximum atomic E-state index is 11.8. The van der Waals surface area contributed by atoms with E-state index in [0.29, 0.717) is 30.4 Å². The fraction of sp³-hybridized carbons (Fsp3) is 0.583. The summed E-state index contributed by atoms with van der Waals surface area (Å²) in [4.78, 5) is 34.5. The van der Waals surface area contributed by atoms with Crippen LogP contribution in [0.15, 0.2) is 11.1 Å². The van der Waals surface area contributed by atoms with Crippen molar-refractivity contribution in [1.29, 1.82) is 0 Å². The van der Waals surface area contributed by atoms with Gasteiger partial charge in [0.05, 0.1) is 0 Å². The number of carboxylic acids is 2. The quantitative estimate of drug-likeness (QED) is 0.706. The van der Waals surface area contributed by atoms with Crippen LogP contribution in [0.25, 0.3) is 0 Å². The fourth-order valence-corrected chi connectivity index (χ4v) is 3.15. The monoisotopic (exact) mass is 238 g/mol. The Bertz CT molecular complexity index is 432. The van der Waals surface area contributed by atoms with Crippen molar-refractivity contribution in [2.24, 2.45) is 11.3 Å². The Morgan fingerprint density at radius 2 is 1.88 bits per heavy atom. The minimum Gasteiger partial charge on any atom is -0.480 e. The third kappa shape index (κ3) is 1.41. The minimum absolute atomic E-state index is 0.0522. The van der Waals surface area contributed by atoms with Gasteiger partial charge in [-0.05, 0) is 31.8 Å². The van der Waals surface area contributed by atoms with Gasteiger partial charge < -0.3 is 10.2 Å². The Labute approximate surface area is 98.1 Å². The predicted octanol–water partition coefficient (Wildman–Crippen LogP) is 1.23. The Hall–Kier alpha value is -1.65. The van der Waals surface area contributed by atoms with Gasteiger partial charge in [-0.15, -0.1) is 0 Å². The van der Waals surface area contributed by atoms with Gasteiger partial charge >= 0.3 is 11.9 Å². The van der Waals surface area contributed by atoms with Crippen molar-refractivity contribution in [1.82, 2.24) is 0 Å². The van der Waals surface area contributed by atoms with Crippen LogP contribution in [0.1, 0.15) is 32.6 Å². The van der Waals surface area contributed by atoms with Crippen LogP contribution < -0.4 is 0 Å². The first kappa shape index (κ1) is 11.8. The van der Waals surface area contributed by atoms with E-state index in [0.717, 1.165) is 0 Å². The molecule has 1 atom stereocenters. The highest BCUT2D eigenvalue weighted by Crippen LogP contribution is 2.52. The smallest absolute Gasteiger partial charge is 0.322 e. The zero-order valence-electron chi connectivity index (χ0n) is 9.52. The molecule has 92 valence electrons. The van der Waals surface area contributed by atoms with Crippen molar-refractivity contribution in [3.05, 3.63) is 11.1 Å². The Balaban J connectivity index is 2.52. The molecule has 2 rings (SSSR count). The second-order valence-corrected chi connectivity index (χ2v) is 4.82. The van der Waals surface area contributed by atoms with Crippen LogP contribution in [0.5, 0.6) is 0 Å². The van der Waals surface area contributed by atoms with Gasteiger partial charge in [0.25, 0.3) is 0 Å². The van der Waals surface area contributed by atoms with Gasteiger partial charge in [-0.2, -0.15) is 0 Å². The van der Waals surface area contributed by atoms with Crippen LogP contribution in [-0.2, 0) is 14.4 Å². The first-order valence-electron chi connectivity index (χ1n) is 5.61. The zero-order chi connectivity index (χ0) is 12.8. The Kier molecular flexibility index (Phi) is 2.56. The number of carbonyl (C=O) groups is 3. The molecule has 0 bridgehead atoms. The topological polar surface area (TPSA) is 91.7 Å². The lowest BCUT2D eigenvalue weighted by Crippen LogP contribution is -2.45. The highest BCUT2D eigenvalue weighted by molar-refractivity contribution is 6.06. The lowest BCUT2D eigenvalue weighted by Gasteiger charge is -2.31. The average molecular weight is 238 g/mol. The lowest BCUT2D eigenvalue weighted by atomic mass is 9.69. The van der Waals surface area contributed by atoms with Crippen molar-refractivity contribution in [3.8, 4) is 0 Å². The largest absolute Gasteiger partial charge is 0.480 e. The number of ketones is 1. The van der Waals surface area contributed by atoms with E-state index < -0.39 is 23.3 Å². The number of Topliss-reactive ketones (excluding diaryl/α,β-unsaturated/α-hetero) is 1. The molecule has 0 aromatic rings. The van der Waals surface area contributed by atoms with Crippen LogP contribution in [0.4, 0.5) is 0 Å². The lowest BCUT2D eigenvalue weighted by molar-refractivity contribution is -0.167. The first-order chi connectivity index (χ1) is 7.91. The number of hydrogen-bond acceptors (Lipinski definition) is 3. The van der Waals surface area contributed by atoms with Gasteiger partial charge in [-0.1, -0.05) is 5.57 Å². The highest BCUT2D eigenvalue weighted by atomic mass is 16.4. The van der Waals surface area contributed by atoms with Gasteiger partial charge in [0.2, 0.25) is 0 Å². The molecule has 2 N–H and O–H groups in total. The van der Waals surface area contributed by atoms with Gasteiger partial charge in [0.15, 0.2) is 11.2 Å². The van der Waals surface area contributed by atoms with E-state index in [9.17, 15) is 24.6 Å². The average Bonchev–Trinajstić information content (AvgIpc) is 2.54. The van der Waals surface area contributed by atoms with Crippen molar-refractivity contribution in [2.45, 2.75) is 32.6 Å². The van der Waals surface area contributed by atoms with Gasteiger partial charge in [-0.25, -0.2) is 0 Å². The van der Waals surface area contributed by atoms with E-state index in [1.165, 1.54) is 0 Å². The predicted molar refractivity (Wildman–Crippen MR) is 57.4 cm³/mol. The number of aliphatic carboxylic acids is 2. The summed E-state index contributed by atoms with van der Waals surface area (Å²) in [5.41, 5.74) is -0.735. The van der Waals surface area contributed by atoms with E-state index in [1.807, 2.05) is 0 Å². The number of rotatable bonds is 2. The van der Waals surface area contributed by atoms with Gasteiger partial charge in [0.1, 0.15) is 0 Å². The molecule has 0 amide bonds. The molecule has 17 heavy (non-hydrogen) atoms. The van der Waals surface area contributed by atoms with Crippen molar-refractivity contribution in [2.75, 3.05) is 0 Å². The second kappa shape index (κ2) is 3.68. The number of carboxylic acid groups (broad SMARTS) is 2. The third-order valence-corrected chi connectivity index (χ3v) is 3.91. The third-order valence-electron chi connectivity index (χ3n) is 3.91. The van der Waals surface area contributed by atoms with Crippen molar-refractivity contribution < 1.29 is 24.6 Å². The van der Waals surface area contributed by atoms with Crippen LogP contribution in [0.2, 0.25) is 0 Å². The van der Waals surface area contributed by atoms with Crippen LogP contribution in [-0.4, -0.2) is 27.9 Å².